The van der Waals surface area contributed by atoms with Gasteiger partial charge in [-0.15, -0.1) is 34.5 Å². The minimum Gasteiger partial charge on any atom is -0.409 e. The van der Waals surface area contributed by atoms with E-state index < -0.39 is 5.75 Å². The second-order valence-electron chi connectivity index (χ2n) is 1.88. The fourth-order valence-electron chi connectivity index (χ4n) is 0.546. The SMILES string of the molecule is ClCCCCCOB(Cl)Cl. The molecule has 0 amide bonds. The van der Waals surface area contributed by atoms with Gasteiger partial charge in [0.1, 0.15) is 0 Å². The van der Waals surface area contributed by atoms with E-state index in [1.807, 2.05) is 0 Å². The van der Waals surface area contributed by atoms with Crippen LogP contribution in [0.5, 0.6) is 0 Å². The van der Waals surface area contributed by atoms with Crippen molar-refractivity contribution < 1.29 is 4.65 Å². The van der Waals surface area contributed by atoms with Crippen molar-refractivity contribution in [2.45, 2.75) is 19.3 Å². The number of hydrogen-bond donors (Lipinski definition) is 0. The molecule has 0 rings (SSSR count). The van der Waals surface area contributed by atoms with Crippen molar-refractivity contribution >= 4 is 40.3 Å². The molecular formula is C5H10BCl3O. The Morgan fingerprint density at radius 1 is 1.10 bits per heavy atom. The molecular weight excluding hydrogens is 193 g/mol. The maximum absolute atomic E-state index is 5.45. The lowest BCUT2D eigenvalue weighted by atomic mass is 10.2. The van der Waals surface area contributed by atoms with E-state index in [2.05, 4.69) is 0 Å². The van der Waals surface area contributed by atoms with Crippen LogP contribution in [0.4, 0.5) is 0 Å². The average molecular weight is 203 g/mol. The van der Waals surface area contributed by atoms with E-state index >= 15 is 0 Å². The van der Waals surface area contributed by atoms with Gasteiger partial charge in [-0.1, -0.05) is 6.42 Å². The highest BCUT2D eigenvalue weighted by Gasteiger charge is 2.04. The van der Waals surface area contributed by atoms with E-state index in [1.54, 1.807) is 0 Å². The van der Waals surface area contributed by atoms with Crippen LogP contribution in [-0.4, -0.2) is 18.2 Å². The smallest absolute Gasteiger partial charge is 0.409 e. The van der Waals surface area contributed by atoms with Crippen LogP contribution in [-0.2, 0) is 4.65 Å². The Balaban J connectivity index is 2.77. The van der Waals surface area contributed by atoms with Crippen LogP contribution in [0.25, 0.3) is 0 Å². The molecule has 1 nitrogen and oxygen atoms in total. The van der Waals surface area contributed by atoms with E-state index in [1.165, 1.54) is 0 Å². The van der Waals surface area contributed by atoms with Gasteiger partial charge in [-0.2, -0.15) is 0 Å². The lowest BCUT2D eigenvalue weighted by Gasteiger charge is -2.00. The third-order valence-corrected chi connectivity index (χ3v) is 1.54. The summed E-state index contributed by atoms with van der Waals surface area (Å²) in [5.74, 6) is 0.0292. The number of hydrogen-bond acceptors (Lipinski definition) is 1. The van der Waals surface area contributed by atoms with E-state index in [4.69, 9.17) is 39.2 Å². The molecule has 10 heavy (non-hydrogen) atoms. The molecule has 0 unspecified atom stereocenters. The third-order valence-electron chi connectivity index (χ3n) is 1.02. The Morgan fingerprint density at radius 2 is 1.80 bits per heavy atom. The quantitative estimate of drug-likeness (QED) is 0.366. The lowest BCUT2D eigenvalue weighted by molar-refractivity contribution is 0.327. The van der Waals surface area contributed by atoms with Crippen molar-refractivity contribution in [2.75, 3.05) is 12.5 Å². The molecule has 0 radical (unpaired) electrons. The summed E-state index contributed by atoms with van der Waals surface area (Å²) < 4.78 is 4.88. The van der Waals surface area contributed by atoms with E-state index in [0.29, 0.717) is 12.5 Å². The third kappa shape index (κ3) is 8.89. The summed E-state index contributed by atoms with van der Waals surface area (Å²) in [5.41, 5.74) is 0. The number of halogens is 3. The maximum atomic E-state index is 5.45. The molecule has 0 aliphatic rings. The molecule has 0 aliphatic carbocycles. The first-order valence-corrected chi connectivity index (χ1v) is 4.64. The summed E-state index contributed by atoms with van der Waals surface area (Å²) >= 11 is 16.1. The van der Waals surface area contributed by atoms with Gasteiger partial charge in [-0.05, 0) is 12.8 Å². The molecule has 0 saturated heterocycles. The van der Waals surface area contributed by atoms with Crippen LogP contribution in [0, 0.1) is 0 Å². The molecule has 0 bridgehead atoms. The van der Waals surface area contributed by atoms with E-state index in [0.717, 1.165) is 19.3 Å². The average Bonchev–Trinajstić information content (AvgIpc) is 1.87. The monoisotopic (exact) mass is 202 g/mol. The molecule has 0 atom stereocenters. The van der Waals surface area contributed by atoms with E-state index in [-0.39, 0.29) is 0 Å². The van der Waals surface area contributed by atoms with Crippen LogP contribution >= 0.6 is 34.5 Å². The predicted molar refractivity (Wildman–Crippen MR) is 48.0 cm³/mol. The largest absolute Gasteiger partial charge is 0.508 e. The molecule has 0 heterocycles. The normalized spacial score (nSPS) is 9.90. The van der Waals surface area contributed by atoms with Crippen molar-refractivity contribution in [2.24, 2.45) is 0 Å². The van der Waals surface area contributed by atoms with Crippen molar-refractivity contribution in [3.8, 4) is 0 Å². The summed E-state index contributed by atoms with van der Waals surface area (Å²) in [6.07, 6.45) is 3.08. The summed E-state index contributed by atoms with van der Waals surface area (Å²) in [6, 6.07) is 0. The summed E-state index contributed by atoms with van der Waals surface area (Å²) in [5, 5.41) is 0. The van der Waals surface area contributed by atoms with Crippen LogP contribution < -0.4 is 0 Å². The van der Waals surface area contributed by atoms with Crippen LogP contribution in [0.15, 0.2) is 0 Å². The first-order valence-electron chi connectivity index (χ1n) is 3.23. The Bertz CT molecular complexity index is 71.9. The zero-order valence-electron chi connectivity index (χ0n) is 5.66. The minimum absolute atomic E-state index is 0.620. The van der Waals surface area contributed by atoms with Crippen molar-refractivity contribution in [3.05, 3.63) is 0 Å². The second kappa shape index (κ2) is 8.00. The maximum Gasteiger partial charge on any atom is 0.508 e. The first kappa shape index (κ1) is 10.9. The Labute approximate surface area is 76.9 Å². The van der Waals surface area contributed by atoms with Gasteiger partial charge in [0.25, 0.3) is 0 Å². The molecule has 0 spiro atoms. The zero-order valence-corrected chi connectivity index (χ0v) is 7.92. The fraction of sp³-hybridized carbons (Fsp3) is 1.00. The molecule has 0 N–H and O–H groups in total. The molecule has 0 aromatic heterocycles. The van der Waals surface area contributed by atoms with Crippen LogP contribution in [0.3, 0.4) is 0 Å². The number of rotatable bonds is 6. The van der Waals surface area contributed by atoms with Gasteiger partial charge in [0.05, 0.1) is 0 Å². The standard InChI is InChI=1S/C5H10BCl3O/c7-4-2-1-3-5-10-6(8)9/h1-5H2. The Morgan fingerprint density at radius 3 is 2.30 bits per heavy atom. The molecule has 0 saturated carbocycles. The van der Waals surface area contributed by atoms with Gasteiger partial charge in [0, 0.05) is 12.5 Å². The van der Waals surface area contributed by atoms with Gasteiger partial charge in [0.15, 0.2) is 0 Å². The summed E-state index contributed by atoms with van der Waals surface area (Å²) in [4.78, 5) is 0. The zero-order chi connectivity index (χ0) is 7.82. The van der Waals surface area contributed by atoms with Crippen LogP contribution in [0.1, 0.15) is 19.3 Å². The highest BCUT2D eigenvalue weighted by atomic mass is 35.5. The topological polar surface area (TPSA) is 9.23 Å². The van der Waals surface area contributed by atoms with Gasteiger partial charge < -0.3 is 4.65 Å². The number of alkyl halides is 1. The Hall–Kier alpha value is 0.895. The molecule has 0 aromatic rings. The Kier molecular flexibility index (Phi) is 8.71. The van der Waals surface area contributed by atoms with Gasteiger partial charge >= 0.3 is 5.75 Å². The number of unbranched alkanes of at least 4 members (excludes halogenated alkanes) is 2. The highest BCUT2D eigenvalue weighted by molar-refractivity contribution is 7.30. The second-order valence-corrected chi connectivity index (χ2v) is 3.28. The highest BCUT2D eigenvalue weighted by Crippen LogP contribution is 2.02. The van der Waals surface area contributed by atoms with Gasteiger partial charge in [0.2, 0.25) is 0 Å². The predicted octanol–water partition coefficient (Wildman–Crippen LogP) is 2.87. The van der Waals surface area contributed by atoms with Crippen molar-refractivity contribution in [1.29, 1.82) is 0 Å². The van der Waals surface area contributed by atoms with Gasteiger partial charge in [-0.25, -0.2) is 0 Å². The summed E-state index contributed by atoms with van der Waals surface area (Å²) in [6.45, 7) is 0.620. The molecule has 5 heteroatoms. The lowest BCUT2D eigenvalue weighted by Crippen LogP contribution is -2.03. The minimum atomic E-state index is -0.684. The summed E-state index contributed by atoms with van der Waals surface area (Å²) in [7, 11) is 0. The van der Waals surface area contributed by atoms with Gasteiger partial charge in [-0.3, -0.25) is 0 Å². The van der Waals surface area contributed by atoms with Crippen molar-refractivity contribution in [3.63, 3.8) is 0 Å². The molecule has 0 aliphatic heterocycles. The van der Waals surface area contributed by atoms with Crippen molar-refractivity contribution in [1.82, 2.24) is 0 Å². The fourth-order valence-corrected chi connectivity index (χ4v) is 0.913. The van der Waals surface area contributed by atoms with Crippen LogP contribution in [0.2, 0.25) is 0 Å². The first-order chi connectivity index (χ1) is 4.77. The molecule has 0 aromatic carbocycles. The molecule has 60 valence electrons. The molecule has 0 fully saturated rings. The van der Waals surface area contributed by atoms with E-state index in [9.17, 15) is 0 Å².